The van der Waals surface area contributed by atoms with Crippen LogP contribution in [0, 0.1) is 17.8 Å². The summed E-state index contributed by atoms with van der Waals surface area (Å²) in [4.78, 5) is 27.4. The van der Waals surface area contributed by atoms with E-state index in [1.807, 2.05) is 42.5 Å². The molecule has 2 unspecified atom stereocenters. The van der Waals surface area contributed by atoms with Gasteiger partial charge in [0.2, 0.25) is 5.91 Å². The Morgan fingerprint density at radius 2 is 1.69 bits per heavy atom. The molecule has 29 heavy (non-hydrogen) atoms. The fourth-order valence-corrected chi connectivity index (χ4v) is 4.94. The number of rotatable bonds is 4. The number of nitrogens with one attached hydrogen (secondary N) is 1. The van der Waals surface area contributed by atoms with Crippen LogP contribution in [0.4, 0.5) is 11.4 Å². The summed E-state index contributed by atoms with van der Waals surface area (Å²) in [5, 5.41) is 3.04. The van der Waals surface area contributed by atoms with Crippen LogP contribution in [0.3, 0.4) is 0 Å². The molecule has 2 bridgehead atoms. The van der Waals surface area contributed by atoms with Crippen LogP contribution in [0.15, 0.2) is 54.6 Å². The van der Waals surface area contributed by atoms with Crippen LogP contribution in [0.25, 0.3) is 0 Å². The second kappa shape index (κ2) is 8.37. The number of para-hydroxylation sites is 1. The van der Waals surface area contributed by atoms with Crippen LogP contribution in [0.1, 0.15) is 42.5 Å². The molecule has 2 amide bonds. The Bertz CT molecular complexity index is 869. The highest BCUT2D eigenvalue weighted by Gasteiger charge is 2.40. The standard InChI is InChI=1S/C24H29N3O2/c1-27(21-11-3-2-4-12-21)24(29)18-9-6-10-20(15-18)26-23(28)19-13-16-7-5-8-17(14-19)22(16)25/h2-4,6,9-12,15-17,19,22H,5,7-8,13-14,25H2,1H3,(H,26,28). The average molecular weight is 392 g/mol. The van der Waals surface area contributed by atoms with E-state index in [1.54, 1.807) is 24.1 Å². The van der Waals surface area contributed by atoms with E-state index < -0.39 is 0 Å². The monoisotopic (exact) mass is 391 g/mol. The summed E-state index contributed by atoms with van der Waals surface area (Å²) in [6.45, 7) is 0. The van der Waals surface area contributed by atoms with Gasteiger partial charge >= 0.3 is 0 Å². The predicted molar refractivity (Wildman–Crippen MR) is 116 cm³/mol. The number of benzene rings is 2. The zero-order chi connectivity index (χ0) is 20.4. The fourth-order valence-electron chi connectivity index (χ4n) is 4.94. The quantitative estimate of drug-likeness (QED) is 0.825. The van der Waals surface area contributed by atoms with Gasteiger partial charge in [0.15, 0.2) is 0 Å². The minimum absolute atomic E-state index is 0.0106. The summed E-state index contributed by atoms with van der Waals surface area (Å²) < 4.78 is 0. The van der Waals surface area contributed by atoms with Crippen LogP contribution >= 0.6 is 0 Å². The molecule has 2 atom stereocenters. The molecule has 0 spiro atoms. The van der Waals surface area contributed by atoms with Crippen molar-refractivity contribution in [2.75, 3.05) is 17.3 Å². The summed E-state index contributed by atoms with van der Waals surface area (Å²) in [6.07, 6.45) is 5.25. The van der Waals surface area contributed by atoms with Gasteiger partial charge in [0.1, 0.15) is 0 Å². The van der Waals surface area contributed by atoms with E-state index in [2.05, 4.69) is 5.32 Å². The Labute approximate surface area is 172 Å². The molecule has 2 aliphatic rings. The molecule has 5 heteroatoms. The van der Waals surface area contributed by atoms with Crippen molar-refractivity contribution in [2.24, 2.45) is 23.5 Å². The third-order valence-corrected chi connectivity index (χ3v) is 6.61. The molecule has 2 aliphatic carbocycles. The first kappa shape index (κ1) is 19.6. The van der Waals surface area contributed by atoms with Gasteiger partial charge in [-0.15, -0.1) is 0 Å². The van der Waals surface area contributed by atoms with E-state index in [1.165, 1.54) is 6.42 Å². The molecule has 0 aromatic heterocycles. The lowest BCUT2D eigenvalue weighted by Crippen LogP contribution is -2.48. The largest absolute Gasteiger partial charge is 0.327 e. The highest BCUT2D eigenvalue weighted by atomic mass is 16.2. The number of carbonyl (C=O) groups is 2. The van der Waals surface area contributed by atoms with Crippen molar-refractivity contribution in [1.82, 2.24) is 0 Å². The van der Waals surface area contributed by atoms with E-state index in [-0.39, 0.29) is 23.8 Å². The number of anilines is 2. The molecule has 5 nitrogen and oxygen atoms in total. The summed E-state index contributed by atoms with van der Waals surface area (Å²) >= 11 is 0. The average Bonchev–Trinajstić information content (AvgIpc) is 2.73. The van der Waals surface area contributed by atoms with E-state index in [0.717, 1.165) is 31.4 Å². The van der Waals surface area contributed by atoms with Gasteiger partial charge in [0.25, 0.3) is 5.91 Å². The first-order valence-electron chi connectivity index (χ1n) is 10.5. The molecule has 0 aliphatic heterocycles. The van der Waals surface area contributed by atoms with Gasteiger partial charge in [-0.2, -0.15) is 0 Å². The van der Waals surface area contributed by atoms with Gasteiger partial charge in [0, 0.05) is 35.9 Å². The van der Waals surface area contributed by atoms with E-state index in [9.17, 15) is 9.59 Å². The number of hydrogen-bond donors (Lipinski definition) is 2. The first-order valence-corrected chi connectivity index (χ1v) is 10.5. The van der Waals surface area contributed by atoms with Gasteiger partial charge in [-0.05, 0) is 67.9 Å². The van der Waals surface area contributed by atoms with Gasteiger partial charge in [-0.1, -0.05) is 30.7 Å². The molecule has 152 valence electrons. The third-order valence-electron chi connectivity index (χ3n) is 6.61. The van der Waals surface area contributed by atoms with Crippen molar-refractivity contribution < 1.29 is 9.59 Å². The van der Waals surface area contributed by atoms with Crippen LogP contribution < -0.4 is 16.0 Å². The minimum Gasteiger partial charge on any atom is -0.327 e. The second-order valence-corrected chi connectivity index (χ2v) is 8.47. The maximum atomic E-state index is 12.9. The predicted octanol–water partition coefficient (Wildman–Crippen LogP) is 4.06. The number of amides is 2. The number of hydrogen-bond acceptors (Lipinski definition) is 3. The summed E-state index contributed by atoms with van der Waals surface area (Å²) in [5.41, 5.74) is 8.41. The Morgan fingerprint density at radius 3 is 2.38 bits per heavy atom. The Morgan fingerprint density at radius 1 is 1.00 bits per heavy atom. The van der Waals surface area contributed by atoms with Gasteiger partial charge in [-0.3, -0.25) is 9.59 Å². The van der Waals surface area contributed by atoms with Crippen molar-refractivity contribution in [2.45, 2.75) is 38.1 Å². The Kier molecular flexibility index (Phi) is 5.67. The van der Waals surface area contributed by atoms with Crippen LogP contribution in [-0.2, 0) is 4.79 Å². The van der Waals surface area contributed by atoms with Crippen molar-refractivity contribution in [3.63, 3.8) is 0 Å². The smallest absolute Gasteiger partial charge is 0.258 e. The second-order valence-electron chi connectivity index (χ2n) is 8.47. The SMILES string of the molecule is CN(C(=O)c1cccc(NC(=O)C2CC3CCCC(C2)C3N)c1)c1ccccc1. The molecule has 4 rings (SSSR count). The van der Waals surface area contributed by atoms with Crippen molar-refractivity contribution in [3.05, 3.63) is 60.2 Å². The maximum absolute atomic E-state index is 12.9. The van der Waals surface area contributed by atoms with Crippen LogP contribution in [-0.4, -0.2) is 24.9 Å². The number of nitrogens with two attached hydrogens (primary N) is 1. The van der Waals surface area contributed by atoms with E-state index in [4.69, 9.17) is 5.73 Å². The highest BCUT2D eigenvalue weighted by Crippen LogP contribution is 2.42. The third kappa shape index (κ3) is 4.20. The molecule has 0 radical (unpaired) electrons. The maximum Gasteiger partial charge on any atom is 0.258 e. The first-order chi connectivity index (χ1) is 14.0. The highest BCUT2D eigenvalue weighted by molar-refractivity contribution is 6.06. The summed E-state index contributed by atoms with van der Waals surface area (Å²) in [5.74, 6) is 0.883. The molecule has 2 aromatic carbocycles. The lowest BCUT2D eigenvalue weighted by Gasteiger charge is -2.43. The molecule has 2 saturated carbocycles. The zero-order valence-corrected chi connectivity index (χ0v) is 16.9. The molecular formula is C24H29N3O2. The fraction of sp³-hybridized carbons (Fsp3) is 0.417. The van der Waals surface area contributed by atoms with E-state index >= 15 is 0 Å². The summed E-state index contributed by atoms with van der Waals surface area (Å²) in [6, 6.07) is 17.0. The Balaban J connectivity index is 1.44. The van der Waals surface area contributed by atoms with E-state index in [0.29, 0.717) is 23.1 Å². The number of fused-ring (bicyclic) bond motifs is 2. The molecule has 2 fully saturated rings. The van der Waals surface area contributed by atoms with Crippen LogP contribution in [0.5, 0.6) is 0 Å². The number of nitrogens with zero attached hydrogens (tertiary/aromatic N) is 1. The summed E-state index contributed by atoms with van der Waals surface area (Å²) in [7, 11) is 1.76. The van der Waals surface area contributed by atoms with Gasteiger partial charge in [-0.25, -0.2) is 0 Å². The normalized spacial score (nSPS) is 25.9. The molecular weight excluding hydrogens is 362 g/mol. The molecule has 3 N–H and O–H groups in total. The van der Waals surface area contributed by atoms with Gasteiger partial charge in [0.05, 0.1) is 0 Å². The van der Waals surface area contributed by atoms with Crippen LogP contribution in [0.2, 0.25) is 0 Å². The van der Waals surface area contributed by atoms with Gasteiger partial charge < -0.3 is 16.0 Å². The minimum atomic E-state index is -0.106. The zero-order valence-electron chi connectivity index (χ0n) is 16.9. The van der Waals surface area contributed by atoms with Crippen molar-refractivity contribution in [1.29, 1.82) is 0 Å². The molecule has 0 saturated heterocycles. The Hall–Kier alpha value is -2.66. The number of carbonyl (C=O) groups excluding carboxylic acids is 2. The van der Waals surface area contributed by atoms with Crippen molar-refractivity contribution >= 4 is 23.2 Å². The topological polar surface area (TPSA) is 75.4 Å². The lowest BCUT2D eigenvalue weighted by atomic mass is 9.65. The lowest BCUT2D eigenvalue weighted by molar-refractivity contribution is -0.122. The molecule has 2 aromatic rings. The van der Waals surface area contributed by atoms with Crippen molar-refractivity contribution in [3.8, 4) is 0 Å². The molecule has 0 heterocycles.